The molecule has 0 spiro atoms. The highest BCUT2D eigenvalue weighted by atomic mass is 16.4. The number of carbonyl (C=O) groups is 2. The maximum atomic E-state index is 10.6. The van der Waals surface area contributed by atoms with E-state index in [2.05, 4.69) is 0 Å². The monoisotopic (exact) mass is 203 g/mol. The van der Waals surface area contributed by atoms with Gasteiger partial charge in [0.15, 0.2) is 0 Å². The van der Waals surface area contributed by atoms with Gasteiger partial charge in [0.25, 0.3) is 0 Å². The Kier molecular flexibility index (Phi) is 5.15. The van der Waals surface area contributed by atoms with Crippen LogP contribution in [0, 0.1) is 11.8 Å². The Morgan fingerprint density at radius 2 is 1.79 bits per heavy atom. The number of hydrogen-bond donors (Lipinski definition) is 3. The predicted molar refractivity (Wildman–Crippen MR) is 50.8 cm³/mol. The first-order chi connectivity index (χ1) is 6.34. The van der Waals surface area contributed by atoms with E-state index in [4.69, 9.17) is 15.9 Å². The second kappa shape index (κ2) is 5.59. The molecule has 5 nitrogen and oxygen atoms in total. The minimum atomic E-state index is -1.14. The topological polar surface area (TPSA) is 101 Å². The third kappa shape index (κ3) is 4.81. The quantitative estimate of drug-likeness (QED) is 0.584. The van der Waals surface area contributed by atoms with Gasteiger partial charge < -0.3 is 15.9 Å². The lowest BCUT2D eigenvalue weighted by Crippen LogP contribution is -2.39. The standard InChI is InChI=1S/C9H17NO4/c1-5(2)3-6(4-7(11)12)8(10)9(13)14/h5-6,8H,3-4,10H2,1-2H3,(H,11,12)(H,13,14)/t6-,8+/m1/s1. The number of carboxylic acid groups (broad SMARTS) is 2. The predicted octanol–water partition coefficient (Wildman–Crippen LogP) is 0.535. The summed E-state index contributed by atoms with van der Waals surface area (Å²) in [5.41, 5.74) is 5.39. The molecule has 0 amide bonds. The number of aliphatic carboxylic acids is 2. The van der Waals surface area contributed by atoms with Crippen molar-refractivity contribution in [2.45, 2.75) is 32.7 Å². The Morgan fingerprint density at radius 1 is 1.29 bits per heavy atom. The first kappa shape index (κ1) is 12.9. The maximum absolute atomic E-state index is 10.6. The average molecular weight is 203 g/mol. The summed E-state index contributed by atoms with van der Waals surface area (Å²) in [5, 5.41) is 17.2. The lowest BCUT2D eigenvalue weighted by atomic mass is 9.88. The summed E-state index contributed by atoms with van der Waals surface area (Å²) in [6, 6.07) is -1.09. The van der Waals surface area contributed by atoms with Crippen molar-refractivity contribution in [3.63, 3.8) is 0 Å². The zero-order chi connectivity index (χ0) is 11.3. The van der Waals surface area contributed by atoms with Crippen molar-refractivity contribution >= 4 is 11.9 Å². The Morgan fingerprint density at radius 3 is 2.07 bits per heavy atom. The third-order valence-electron chi connectivity index (χ3n) is 2.00. The van der Waals surface area contributed by atoms with E-state index in [0.29, 0.717) is 6.42 Å². The van der Waals surface area contributed by atoms with Gasteiger partial charge in [0, 0.05) is 0 Å². The Balaban J connectivity index is 4.37. The Bertz CT molecular complexity index is 215. The average Bonchev–Trinajstić information content (AvgIpc) is 1.99. The number of nitrogens with two attached hydrogens (primary N) is 1. The van der Waals surface area contributed by atoms with Crippen LogP contribution in [0.5, 0.6) is 0 Å². The summed E-state index contributed by atoms with van der Waals surface area (Å²) in [6.07, 6.45) is 0.325. The molecule has 0 unspecified atom stereocenters. The molecule has 0 fully saturated rings. The van der Waals surface area contributed by atoms with Gasteiger partial charge in [-0.05, 0) is 18.3 Å². The first-order valence-electron chi connectivity index (χ1n) is 4.54. The van der Waals surface area contributed by atoms with E-state index in [9.17, 15) is 9.59 Å². The SMILES string of the molecule is CC(C)C[C@H](CC(=O)O)[C@H](N)C(=O)O. The fourth-order valence-electron chi connectivity index (χ4n) is 1.39. The minimum Gasteiger partial charge on any atom is -0.481 e. The molecule has 0 saturated heterocycles. The van der Waals surface area contributed by atoms with Gasteiger partial charge in [-0.2, -0.15) is 0 Å². The molecule has 0 heterocycles. The molecule has 0 aliphatic rings. The van der Waals surface area contributed by atoms with Crippen LogP contribution in [-0.4, -0.2) is 28.2 Å². The fourth-order valence-corrected chi connectivity index (χ4v) is 1.39. The van der Waals surface area contributed by atoms with Crippen molar-refractivity contribution in [3.05, 3.63) is 0 Å². The van der Waals surface area contributed by atoms with Gasteiger partial charge in [-0.15, -0.1) is 0 Å². The molecule has 0 aromatic rings. The Labute approximate surface area is 82.9 Å². The van der Waals surface area contributed by atoms with Gasteiger partial charge in [0.1, 0.15) is 6.04 Å². The van der Waals surface area contributed by atoms with E-state index in [0.717, 1.165) is 0 Å². The van der Waals surface area contributed by atoms with E-state index in [1.54, 1.807) is 0 Å². The number of hydrogen-bond acceptors (Lipinski definition) is 3. The highest BCUT2D eigenvalue weighted by Gasteiger charge is 2.26. The third-order valence-corrected chi connectivity index (χ3v) is 2.00. The van der Waals surface area contributed by atoms with Crippen molar-refractivity contribution in [2.24, 2.45) is 17.6 Å². The zero-order valence-corrected chi connectivity index (χ0v) is 8.43. The maximum Gasteiger partial charge on any atom is 0.320 e. The lowest BCUT2D eigenvalue weighted by Gasteiger charge is -2.20. The molecule has 4 N–H and O–H groups in total. The van der Waals surface area contributed by atoms with Gasteiger partial charge in [-0.25, -0.2) is 0 Å². The Hall–Kier alpha value is -1.10. The molecular weight excluding hydrogens is 186 g/mol. The van der Waals surface area contributed by atoms with Crippen LogP contribution in [-0.2, 0) is 9.59 Å². The van der Waals surface area contributed by atoms with Crippen LogP contribution in [0.15, 0.2) is 0 Å². The molecular formula is C9H17NO4. The molecule has 0 saturated carbocycles. The van der Waals surface area contributed by atoms with E-state index >= 15 is 0 Å². The highest BCUT2D eigenvalue weighted by Crippen LogP contribution is 2.18. The fraction of sp³-hybridized carbons (Fsp3) is 0.778. The second-order valence-corrected chi connectivity index (χ2v) is 3.85. The number of carboxylic acids is 2. The van der Waals surface area contributed by atoms with Gasteiger partial charge in [0.2, 0.25) is 0 Å². The summed E-state index contributed by atoms with van der Waals surface area (Å²) in [5.74, 6) is -2.40. The molecule has 82 valence electrons. The normalized spacial score (nSPS) is 15.1. The van der Waals surface area contributed by atoms with Crippen molar-refractivity contribution in [1.82, 2.24) is 0 Å². The van der Waals surface area contributed by atoms with Crippen LogP contribution >= 0.6 is 0 Å². The molecule has 5 heteroatoms. The molecule has 0 aliphatic heterocycles. The summed E-state index contributed by atoms with van der Waals surface area (Å²) >= 11 is 0. The van der Waals surface area contributed by atoms with Gasteiger partial charge in [-0.3, -0.25) is 9.59 Å². The molecule has 14 heavy (non-hydrogen) atoms. The van der Waals surface area contributed by atoms with Crippen molar-refractivity contribution in [2.75, 3.05) is 0 Å². The van der Waals surface area contributed by atoms with Crippen molar-refractivity contribution in [3.8, 4) is 0 Å². The summed E-state index contributed by atoms with van der Waals surface area (Å²) in [4.78, 5) is 21.1. The highest BCUT2D eigenvalue weighted by molar-refractivity contribution is 5.75. The summed E-state index contributed by atoms with van der Waals surface area (Å²) in [7, 11) is 0. The van der Waals surface area contributed by atoms with Gasteiger partial charge in [0.05, 0.1) is 6.42 Å². The van der Waals surface area contributed by atoms with E-state index in [-0.39, 0.29) is 12.3 Å². The van der Waals surface area contributed by atoms with Crippen LogP contribution in [0.3, 0.4) is 0 Å². The molecule has 0 rings (SSSR count). The van der Waals surface area contributed by atoms with Crippen LogP contribution < -0.4 is 5.73 Å². The van der Waals surface area contributed by atoms with Crippen molar-refractivity contribution < 1.29 is 19.8 Å². The first-order valence-corrected chi connectivity index (χ1v) is 4.54. The smallest absolute Gasteiger partial charge is 0.320 e. The summed E-state index contributed by atoms with van der Waals surface area (Å²) < 4.78 is 0. The molecule has 0 aliphatic carbocycles. The van der Waals surface area contributed by atoms with Gasteiger partial charge >= 0.3 is 11.9 Å². The summed E-state index contributed by atoms with van der Waals surface area (Å²) in [6.45, 7) is 3.81. The molecule has 0 aromatic carbocycles. The molecule has 0 aromatic heterocycles. The molecule has 0 radical (unpaired) electrons. The molecule has 0 bridgehead atoms. The van der Waals surface area contributed by atoms with Crippen LogP contribution in [0.25, 0.3) is 0 Å². The van der Waals surface area contributed by atoms with Crippen LogP contribution in [0.4, 0.5) is 0 Å². The largest absolute Gasteiger partial charge is 0.481 e. The number of rotatable bonds is 6. The van der Waals surface area contributed by atoms with E-state index in [1.807, 2.05) is 13.8 Å². The van der Waals surface area contributed by atoms with Crippen molar-refractivity contribution in [1.29, 1.82) is 0 Å². The second-order valence-electron chi connectivity index (χ2n) is 3.85. The minimum absolute atomic E-state index is 0.189. The van der Waals surface area contributed by atoms with Crippen LogP contribution in [0.2, 0.25) is 0 Å². The van der Waals surface area contributed by atoms with Gasteiger partial charge in [-0.1, -0.05) is 13.8 Å². The van der Waals surface area contributed by atoms with E-state index in [1.165, 1.54) is 0 Å². The molecule has 2 atom stereocenters. The van der Waals surface area contributed by atoms with Crippen LogP contribution in [0.1, 0.15) is 26.7 Å². The zero-order valence-electron chi connectivity index (χ0n) is 8.43. The lowest BCUT2D eigenvalue weighted by molar-refractivity contribution is -0.142. The van der Waals surface area contributed by atoms with E-state index < -0.39 is 23.9 Å².